The van der Waals surface area contributed by atoms with Crippen molar-refractivity contribution in [1.29, 1.82) is 0 Å². The SMILES string of the molecule is CN(CCCNC1CCS(=O)(=O)C1)C1CCCCC1. The van der Waals surface area contributed by atoms with Crippen molar-refractivity contribution in [2.24, 2.45) is 0 Å². The topological polar surface area (TPSA) is 49.4 Å². The van der Waals surface area contributed by atoms with Crippen LogP contribution < -0.4 is 5.32 Å². The minimum Gasteiger partial charge on any atom is -0.313 e. The van der Waals surface area contributed by atoms with Crippen molar-refractivity contribution in [2.75, 3.05) is 31.6 Å². The molecule has 2 aliphatic rings. The molecule has 5 heteroatoms. The van der Waals surface area contributed by atoms with Crippen molar-refractivity contribution < 1.29 is 8.42 Å². The molecule has 0 spiro atoms. The lowest BCUT2D eigenvalue weighted by atomic mass is 9.94. The molecule has 1 saturated carbocycles. The van der Waals surface area contributed by atoms with Gasteiger partial charge in [0.15, 0.2) is 9.84 Å². The molecule has 1 atom stereocenters. The van der Waals surface area contributed by atoms with Gasteiger partial charge in [-0.1, -0.05) is 19.3 Å². The van der Waals surface area contributed by atoms with Crippen LogP contribution in [0.2, 0.25) is 0 Å². The van der Waals surface area contributed by atoms with E-state index in [9.17, 15) is 8.42 Å². The Balaban J connectivity index is 1.56. The minimum absolute atomic E-state index is 0.199. The van der Waals surface area contributed by atoms with Crippen LogP contribution in [0.4, 0.5) is 0 Å². The van der Waals surface area contributed by atoms with Crippen molar-refractivity contribution in [3.63, 3.8) is 0 Å². The quantitative estimate of drug-likeness (QED) is 0.751. The fourth-order valence-corrected chi connectivity index (χ4v) is 5.00. The highest BCUT2D eigenvalue weighted by Crippen LogP contribution is 2.21. The summed E-state index contributed by atoms with van der Waals surface area (Å²) in [7, 11) is -0.507. The Bertz CT molecular complexity index is 364. The monoisotopic (exact) mass is 288 g/mol. The van der Waals surface area contributed by atoms with Gasteiger partial charge in [-0.3, -0.25) is 0 Å². The Labute approximate surface area is 117 Å². The lowest BCUT2D eigenvalue weighted by Crippen LogP contribution is -2.37. The third-order valence-electron chi connectivity index (χ3n) is 4.55. The largest absolute Gasteiger partial charge is 0.313 e. The van der Waals surface area contributed by atoms with Gasteiger partial charge in [0.05, 0.1) is 11.5 Å². The first-order chi connectivity index (χ1) is 9.07. The van der Waals surface area contributed by atoms with Gasteiger partial charge in [-0.2, -0.15) is 0 Å². The summed E-state index contributed by atoms with van der Waals surface area (Å²) < 4.78 is 22.7. The molecule has 0 aromatic carbocycles. The summed E-state index contributed by atoms with van der Waals surface area (Å²) in [5.74, 6) is 0.706. The summed E-state index contributed by atoms with van der Waals surface area (Å²) in [5.41, 5.74) is 0. The van der Waals surface area contributed by atoms with E-state index in [1.807, 2.05) is 0 Å². The molecule has 1 aliphatic heterocycles. The molecule has 0 amide bonds. The normalized spacial score (nSPS) is 28.0. The number of nitrogens with zero attached hydrogens (tertiary/aromatic N) is 1. The fourth-order valence-electron chi connectivity index (χ4n) is 3.30. The lowest BCUT2D eigenvalue weighted by molar-refractivity contribution is 0.189. The second kappa shape index (κ2) is 7.04. The van der Waals surface area contributed by atoms with Gasteiger partial charge >= 0.3 is 0 Å². The minimum atomic E-state index is -2.74. The van der Waals surface area contributed by atoms with Gasteiger partial charge < -0.3 is 10.2 Å². The van der Waals surface area contributed by atoms with E-state index in [0.717, 1.165) is 32.0 Å². The zero-order valence-corrected chi connectivity index (χ0v) is 12.9. The van der Waals surface area contributed by atoms with Gasteiger partial charge in [-0.05, 0) is 45.8 Å². The molecule has 0 bridgehead atoms. The molecule has 19 heavy (non-hydrogen) atoms. The molecule has 1 aliphatic carbocycles. The molecule has 1 saturated heterocycles. The van der Waals surface area contributed by atoms with E-state index >= 15 is 0 Å². The highest BCUT2D eigenvalue weighted by Gasteiger charge is 2.27. The van der Waals surface area contributed by atoms with E-state index < -0.39 is 9.84 Å². The predicted octanol–water partition coefficient (Wildman–Crippen LogP) is 1.42. The Kier molecular flexibility index (Phi) is 5.66. The number of hydrogen-bond acceptors (Lipinski definition) is 4. The molecule has 1 N–H and O–H groups in total. The van der Waals surface area contributed by atoms with Gasteiger partial charge in [0.1, 0.15) is 0 Å². The molecule has 112 valence electrons. The highest BCUT2D eigenvalue weighted by atomic mass is 32.2. The third-order valence-corrected chi connectivity index (χ3v) is 6.32. The predicted molar refractivity (Wildman–Crippen MR) is 79.2 cm³/mol. The van der Waals surface area contributed by atoms with Crippen LogP contribution in [0, 0.1) is 0 Å². The lowest BCUT2D eigenvalue weighted by Gasteiger charge is -2.31. The zero-order valence-electron chi connectivity index (χ0n) is 12.1. The van der Waals surface area contributed by atoms with Crippen LogP contribution in [0.1, 0.15) is 44.9 Å². The first-order valence-corrected chi connectivity index (χ1v) is 9.53. The summed E-state index contributed by atoms with van der Waals surface area (Å²) in [6.07, 6.45) is 8.78. The Morgan fingerprint density at radius 3 is 2.53 bits per heavy atom. The van der Waals surface area contributed by atoms with Gasteiger partial charge in [0.2, 0.25) is 0 Å². The molecular weight excluding hydrogens is 260 g/mol. The van der Waals surface area contributed by atoms with Gasteiger partial charge in [0, 0.05) is 12.1 Å². The summed E-state index contributed by atoms with van der Waals surface area (Å²) in [6, 6.07) is 0.977. The average molecular weight is 288 g/mol. The Morgan fingerprint density at radius 1 is 1.16 bits per heavy atom. The molecule has 0 aromatic rings. The molecule has 4 nitrogen and oxygen atoms in total. The molecule has 1 unspecified atom stereocenters. The van der Waals surface area contributed by atoms with Crippen molar-refractivity contribution in [3.05, 3.63) is 0 Å². The molecule has 2 rings (SSSR count). The Hall–Kier alpha value is -0.130. The van der Waals surface area contributed by atoms with E-state index in [0.29, 0.717) is 11.5 Å². The summed E-state index contributed by atoms with van der Waals surface area (Å²) >= 11 is 0. The second-order valence-corrected chi connectivity index (χ2v) is 8.41. The molecular formula is C14H28N2O2S. The van der Waals surface area contributed by atoms with Crippen molar-refractivity contribution in [2.45, 2.75) is 57.0 Å². The second-order valence-electron chi connectivity index (χ2n) is 6.18. The number of nitrogens with one attached hydrogen (secondary N) is 1. The first-order valence-electron chi connectivity index (χ1n) is 7.71. The molecule has 1 heterocycles. The summed E-state index contributed by atoms with van der Waals surface area (Å²) in [5, 5.41) is 3.39. The van der Waals surface area contributed by atoms with Crippen LogP contribution in [-0.2, 0) is 9.84 Å². The maximum Gasteiger partial charge on any atom is 0.151 e. The summed E-state index contributed by atoms with van der Waals surface area (Å²) in [4.78, 5) is 2.49. The average Bonchev–Trinajstić information content (AvgIpc) is 2.75. The van der Waals surface area contributed by atoms with E-state index in [4.69, 9.17) is 0 Å². The third kappa shape index (κ3) is 5.04. The van der Waals surface area contributed by atoms with Crippen LogP contribution in [-0.4, -0.2) is 57.0 Å². The van der Waals surface area contributed by atoms with Crippen LogP contribution in [0.5, 0.6) is 0 Å². The van der Waals surface area contributed by atoms with Gasteiger partial charge in [0.25, 0.3) is 0 Å². The maximum absolute atomic E-state index is 11.3. The number of hydrogen-bond donors (Lipinski definition) is 1. The first kappa shape index (κ1) is 15.3. The van der Waals surface area contributed by atoms with Gasteiger partial charge in [-0.25, -0.2) is 8.42 Å². The van der Waals surface area contributed by atoms with E-state index in [1.165, 1.54) is 32.1 Å². The van der Waals surface area contributed by atoms with E-state index in [1.54, 1.807) is 0 Å². The van der Waals surface area contributed by atoms with Crippen molar-refractivity contribution >= 4 is 9.84 Å². The van der Waals surface area contributed by atoms with Crippen LogP contribution in [0.25, 0.3) is 0 Å². The molecule has 0 aromatic heterocycles. The van der Waals surface area contributed by atoms with Crippen molar-refractivity contribution in [1.82, 2.24) is 10.2 Å². The van der Waals surface area contributed by atoms with Crippen molar-refractivity contribution in [3.8, 4) is 0 Å². The van der Waals surface area contributed by atoms with E-state index in [2.05, 4.69) is 17.3 Å². The standard InChI is InChI=1S/C14H28N2O2S/c1-16(14-6-3-2-4-7-14)10-5-9-15-13-8-11-19(17,18)12-13/h13-15H,2-12H2,1H3. The van der Waals surface area contributed by atoms with Crippen LogP contribution in [0.3, 0.4) is 0 Å². The fraction of sp³-hybridized carbons (Fsp3) is 1.00. The summed E-state index contributed by atoms with van der Waals surface area (Å²) in [6.45, 7) is 2.06. The van der Waals surface area contributed by atoms with Gasteiger partial charge in [-0.15, -0.1) is 0 Å². The zero-order chi connectivity index (χ0) is 13.7. The van der Waals surface area contributed by atoms with Crippen LogP contribution in [0.15, 0.2) is 0 Å². The molecule has 0 radical (unpaired) electrons. The smallest absolute Gasteiger partial charge is 0.151 e. The maximum atomic E-state index is 11.3. The number of sulfone groups is 1. The van der Waals surface area contributed by atoms with Crippen LogP contribution >= 0.6 is 0 Å². The Morgan fingerprint density at radius 2 is 1.89 bits per heavy atom. The highest BCUT2D eigenvalue weighted by molar-refractivity contribution is 7.91. The molecule has 2 fully saturated rings. The number of rotatable bonds is 6. The van der Waals surface area contributed by atoms with E-state index in [-0.39, 0.29) is 6.04 Å².